The molecule has 3 aliphatic rings. The molecule has 3 fully saturated rings. The predicted octanol–water partition coefficient (Wildman–Crippen LogP) is 4.21. The van der Waals surface area contributed by atoms with Crippen molar-refractivity contribution in [2.45, 2.75) is 51.9 Å². The number of piperidine rings is 3. The summed E-state index contributed by atoms with van der Waals surface area (Å²) < 4.78 is 0. The van der Waals surface area contributed by atoms with Gasteiger partial charge < -0.3 is 4.90 Å². The maximum Gasteiger partial charge on any atom is 0.184 e. The van der Waals surface area contributed by atoms with Crippen molar-refractivity contribution < 1.29 is 4.79 Å². The molecule has 1 N–H and O–H groups in total. The van der Waals surface area contributed by atoms with E-state index in [1.165, 1.54) is 50.8 Å². The molecule has 1 atom stereocenters. The quantitative estimate of drug-likeness (QED) is 0.607. The summed E-state index contributed by atoms with van der Waals surface area (Å²) in [6.07, 6.45) is 7.97. The van der Waals surface area contributed by atoms with Gasteiger partial charge >= 0.3 is 0 Å². The summed E-state index contributed by atoms with van der Waals surface area (Å²) in [5.74, 6) is 1.48. The molecule has 0 radical (unpaired) electrons. The van der Waals surface area contributed by atoms with Gasteiger partial charge in [-0.2, -0.15) is 5.10 Å². The lowest BCUT2D eigenvalue weighted by Gasteiger charge is -2.44. The van der Waals surface area contributed by atoms with E-state index in [0.717, 1.165) is 29.8 Å². The average molecular weight is 339 g/mol. The number of aryl methyl sites for hydroxylation is 1. The van der Waals surface area contributed by atoms with Crippen LogP contribution in [-0.4, -0.2) is 40.5 Å². The third-order valence-corrected chi connectivity index (χ3v) is 6.20. The molecule has 0 amide bonds. The first-order valence-corrected chi connectivity index (χ1v) is 9.97. The fraction of sp³-hybridized carbons (Fsp3) is 0.619. The number of H-pyrrole nitrogens is 1. The van der Waals surface area contributed by atoms with Crippen LogP contribution in [0.2, 0.25) is 0 Å². The Kier molecular flexibility index (Phi) is 4.89. The summed E-state index contributed by atoms with van der Waals surface area (Å²) in [6, 6.07) is 6.42. The fourth-order valence-corrected chi connectivity index (χ4v) is 4.66. The minimum absolute atomic E-state index is 0.218. The number of nitrogens with one attached hydrogen (secondary N) is 1. The second kappa shape index (κ2) is 7.28. The van der Waals surface area contributed by atoms with Crippen molar-refractivity contribution in [1.82, 2.24) is 15.1 Å². The zero-order valence-electron chi connectivity index (χ0n) is 15.3. The van der Waals surface area contributed by atoms with Crippen LogP contribution in [0.15, 0.2) is 18.2 Å². The number of rotatable bonds is 7. The van der Waals surface area contributed by atoms with Crippen LogP contribution in [0.4, 0.5) is 0 Å². The highest BCUT2D eigenvalue weighted by Crippen LogP contribution is 2.35. The molecule has 1 aromatic carbocycles. The Balaban J connectivity index is 1.49. The van der Waals surface area contributed by atoms with Crippen LogP contribution in [0.3, 0.4) is 0 Å². The Morgan fingerprint density at radius 3 is 2.84 bits per heavy atom. The van der Waals surface area contributed by atoms with Crippen molar-refractivity contribution in [2.24, 2.45) is 11.8 Å². The molecule has 3 saturated heterocycles. The molecular formula is C21H29N3O. The Labute approximate surface area is 150 Å². The van der Waals surface area contributed by atoms with Crippen LogP contribution in [-0.2, 0) is 6.42 Å². The fourth-order valence-electron chi connectivity index (χ4n) is 4.66. The number of unbranched alkanes of at least 4 members (excludes halogenated alkanes) is 2. The third-order valence-electron chi connectivity index (χ3n) is 6.20. The number of aromatic amines is 1. The lowest BCUT2D eigenvalue weighted by molar-refractivity contribution is 0.0440. The number of carbonyl (C=O) groups is 1. The Hall–Kier alpha value is -1.68. The summed E-state index contributed by atoms with van der Waals surface area (Å²) in [6.45, 7) is 5.77. The van der Waals surface area contributed by atoms with Gasteiger partial charge in [0.15, 0.2) is 5.78 Å². The molecule has 4 nitrogen and oxygen atoms in total. The Morgan fingerprint density at radius 1 is 1.28 bits per heavy atom. The second-order valence-electron chi connectivity index (χ2n) is 7.93. The van der Waals surface area contributed by atoms with E-state index < -0.39 is 0 Å². The van der Waals surface area contributed by atoms with Crippen molar-refractivity contribution in [3.63, 3.8) is 0 Å². The highest BCUT2D eigenvalue weighted by Gasteiger charge is 2.35. The minimum atomic E-state index is 0.218. The number of fused-ring (bicyclic) bond motifs is 4. The molecule has 0 aliphatic carbocycles. The van der Waals surface area contributed by atoms with E-state index in [1.807, 2.05) is 0 Å². The number of benzene rings is 1. The lowest BCUT2D eigenvalue weighted by Crippen LogP contribution is -2.47. The van der Waals surface area contributed by atoms with Crippen molar-refractivity contribution in [2.75, 3.05) is 19.6 Å². The summed E-state index contributed by atoms with van der Waals surface area (Å²) in [5.41, 5.74) is 2.96. The maximum absolute atomic E-state index is 12.9. The zero-order valence-corrected chi connectivity index (χ0v) is 15.3. The molecule has 4 heteroatoms. The van der Waals surface area contributed by atoms with Crippen LogP contribution < -0.4 is 0 Å². The molecule has 134 valence electrons. The van der Waals surface area contributed by atoms with E-state index in [0.29, 0.717) is 18.0 Å². The summed E-state index contributed by atoms with van der Waals surface area (Å²) in [4.78, 5) is 15.5. The van der Waals surface area contributed by atoms with Crippen LogP contribution in [0.5, 0.6) is 0 Å². The van der Waals surface area contributed by atoms with Crippen molar-refractivity contribution in [3.8, 4) is 0 Å². The van der Waals surface area contributed by atoms with E-state index in [-0.39, 0.29) is 5.78 Å². The molecule has 1 aromatic heterocycles. The Bertz CT molecular complexity index is 743. The van der Waals surface area contributed by atoms with Gasteiger partial charge in [-0.1, -0.05) is 25.8 Å². The van der Waals surface area contributed by atoms with Gasteiger partial charge in [-0.05, 0) is 68.3 Å². The lowest BCUT2D eigenvalue weighted by atomic mass is 9.76. The van der Waals surface area contributed by atoms with Crippen molar-refractivity contribution >= 4 is 16.7 Å². The van der Waals surface area contributed by atoms with Gasteiger partial charge in [-0.25, -0.2) is 0 Å². The van der Waals surface area contributed by atoms with E-state index in [2.05, 4.69) is 40.2 Å². The maximum atomic E-state index is 12.9. The van der Waals surface area contributed by atoms with Gasteiger partial charge in [-0.15, -0.1) is 0 Å². The summed E-state index contributed by atoms with van der Waals surface area (Å²) in [5, 5.41) is 8.44. The second-order valence-corrected chi connectivity index (χ2v) is 7.93. The average Bonchev–Trinajstić information content (AvgIpc) is 3.06. The van der Waals surface area contributed by atoms with Crippen LogP contribution >= 0.6 is 0 Å². The van der Waals surface area contributed by atoms with Gasteiger partial charge in [0.1, 0.15) is 5.69 Å². The molecular weight excluding hydrogens is 310 g/mol. The zero-order chi connectivity index (χ0) is 17.2. The number of hydrogen-bond donors (Lipinski definition) is 1. The topological polar surface area (TPSA) is 49.0 Å². The third kappa shape index (κ3) is 3.50. The molecule has 0 unspecified atom stereocenters. The van der Waals surface area contributed by atoms with Gasteiger partial charge in [0, 0.05) is 18.4 Å². The van der Waals surface area contributed by atoms with Crippen LogP contribution in [0.25, 0.3) is 10.9 Å². The number of Topliss-reactive ketones (excluding diaryl/α,β-unsaturated/α-hetero) is 1. The summed E-state index contributed by atoms with van der Waals surface area (Å²) in [7, 11) is 0. The van der Waals surface area contributed by atoms with Gasteiger partial charge in [0.25, 0.3) is 0 Å². The van der Waals surface area contributed by atoms with Crippen molar-refractivity contribution in [3.05, 3.63) is 29.5 Å². The van der Waals surface area contributed by atoms with E-state index in [1.54, 1.807) is 0 Å². The molecule has 2 aromatic rings. The van der Waals surface area contributed by atoms with Gasteiger partial charge in [0.05, 0.1) is 5.52 Å². The number of nitrogens with zero attached hydrogens (tertiary/aromatic N) is 2. The van der Waals surface area contributed by atoms with Crippen LogP contribution in [0, 0.1) is 11.8 Å². The standard InChI is InChI=1S/C21H29N3O/c1-2-3-4-5-15-6-7-19-18(12-15)21(23-22-19)20(25)13-17-14-24-10-8-16(17)9-11-24/h6-7,12,16-17H,2-5,8-11,13-14H2,1H3,(H,22,23)/t17-/m0/s1. The first-order valence-electron chi connectivity index (χ1n) is 9.97. The Morgan fingerprint density at radius 2 is 2.12 bits per heavy atom. The predicted molar refractivity (Wildman–Crippen MR) is 101 cm³/mol. The van der Waals surface area contributed by atoms with Gasteiger partial charge in [0.2, 0.25) is 0 Å². The largest absolute Gasteiger partial charge is 0.303 e. The molecule has 5 rings (SSSR count). The monoisotopic (exact) mass is 339 g/mol. The number of carbonyl (C=O) groups excluding carboxylic acids is 1. The molecule has 3 aliphatic heterocycles. The first-order chi connectivity index (χ1) is 12.2. The van der Waals surface area contributed by atoms with E-state index >= 15 is 0 Å². The number of hydrogen-bond acceptors (Lipinski definition) is 3. The van der Waals surface area contributed by atoms with E-state index in [4.69, 9.17) is 0 Å². The van der Waals surface area contributed by atoms with Gasteiger partial charge in [-0.3, -0.25) is 9.89 Å². The first kappa shape index (κ1) is 16.8. The molecule has 2 bridgehead atoms. The molecule has 4 heterocycles. The highest BCUT2D eigenvalue weighted by atomic mass is 16.1. The number of ketones is 1. The van der Waals surface area contributed by atoms with E-state index in [9.17, 15) is 4.79 Å². The molecule has 0 saturated carbocycles. The highest BCUT2D eigenvalue weighted by molar-refractivity contribution is 6.06. The van der Waals surface area contributed by atoms with Crippen LogP contribution in [0.1, 0.15) is 61.5 Å². The summed E-state index contributed by atoms with van der Waals surface area (Å²) >= 11 is 0. The van der Waals surface area contributed by atoms with Crippen molar-refractivity contribution in [1.29, 1.82) is 0 Å². The molecule has 25 heavy (non-hydrogen) atoms. The normalized spacial score (nSPS) is 25.6. The minimum Gasteiger partial charge on any atom is -0.303 e. The number of aromatic nitrogens is 2. The smallest absolute Gasteiger partial charge is 0.184 e. The SMILES string of the molecule is CCCCCc1ccc2[nH]nc(C(=O)C[C@H]3CN4CCC3CC4)c2c1. The molecule has 0 spiro atoms.